The summed E-state index contributed by atoms with van der Waals surface area (Å²) in [6.07, 6.45) is 6.46. The second-order valence-corrected chi connectivity index (χ2v) is 4.28. The predicted molar refractivity (Wildman–Crippen MR) is 70.2 cm³/mol. The van der Waals surface area contributed by atoms with Gasteiger partial charge in [-0.2, -0.15) is 0 Å². The molecule has 0 amide bonds. The molecule has 2 aromatic rings. The lowest BCUT2D eigenvalue weighted by molar-refractivity contribution is 0.198. The Morgan fingerprint density at radius 2 is 2.11 bits per heavy atom. The highest BCUT2D eigenvalue weighted by atomic mass is 16.3. The smallest absolute Gasteiger partial charge is 0.154 e. The van der Waals surface area contributed by atoms with Crippen LogP contribution in [-0.4, -0.2) is 19.6 Å². The minimum absolute atomic E-state index is 0.672. The average Bonchev–Trinajstić information content (AvgIpc) is 2.86. The van der Waals surface area contributed by atoms with Gasteiger partial charge < -0.3 is 9.67 Å². The fourth-order valence-electron chi connectivity index (χ4n) is 2.12. The zero-order valence-electron chi connectivity index (χ0n) is 10.9. The van der Waals surface area contributed by atoms with Gasteiger partial charge in [-0.05, 0) is 24.5 Å². The van der Waals surface area contributed by atoms with Crippen molar-refractivity contribution in [2.24, 2.45) is 0 Å². The van der Waals surface area contributed by atoms with Gasteiger partial charge in [-0.25, -0.2) is 4.98 Å². The van der Waals surface area contributed by atoms with Crippen LogP contribution in [0.1, 0.15) is 43.5 Å². The van der Waals surface area contributed by atoms with E-state index in [9.17, 15) is 5.11 Å². The van der Waals surface area contributed by atoms with Crippen LogP contribution < -0.4 is 0 Å². The number of aromatic nitrogens is 3. The van der Waals surface area contributed by atoms with Crippen molar-refractivity contribution in [3.8, 4) is 0 Å². The lowest BCUT2D eigenvalue weighted by atomic mass is 10.1. The predicted octanol–water partition coefficient (Wildman–Crippen LogP) is 2.33. The molecule has 1 atom stereocenters. The summed E-state index contributed by atoms with van der Waals surface area (Å²) in [5.74, 6) is 0.672. The number of imidazole rings is 1. The van der Waals surface area contributed by atoms with Crippen LogP contribution in [0.15, 0.2) is 30.7 Å². The van der Waals surface area contributed by atoms with E-state index in [-0.39, 0.29) is 0 Å². The third kappa shape index (κ3) is 2.43. The van der Waals surface area contributed by atoms with Crippen LogP contribution in [0.4, 0.5) is 0 Å². The summed E-state index contributed by atoms with van der Waals surface area (Å²) in [6, 6.07) is 3.90. The molecule has 4 heteroatoms. The highest BCUT2D eigenvalue weighted by Gasteiger charge is 2.19. The number of aryl methyl sites for hydroxylation is 2. The van der Waals surface area contributed by atoms with Crippen molar-refractivity contribution >= 4 is 0 Å². The number of nitrogens with zero attached hydrogens (tertiary/aromatic N) is 3. The van der Waals surface area contributed by atoms with E-state index in [0.29, 0.717) is 11.5 Å². The van der Waals surface area contributed by atoms with Crippen LogP contribution in [0.2, 0.25) is 0 Å². The molecule has 0 saturated heterocycles. The number of aliphatic hydroxyl groups excluding tert-OH is 1. The number of hydrogen-bond acceptors (Lipinski definition) is 3. The molecule has 0 aliphatic heterocycles. The van der Waals surface area contributed by atoms with Crippen molar-refractivity contribution in [2.45, 2.75) is 39.3 Å². The van der Waals surface area contributed by atoms with Crippen LogP contribution >= 0.6 is 0 Å². The molecule has 0 aliphatic rings. The highest BCUT2D eigenvalue weighted by molar-refractivity contribution is 5.25. The van der Waals surface area contributed by atoms with E-state index >= 15 is 0 Å². The lowest BCUT2D eigenvalue weighted by Gasteiger charge is -2.15. The maximum Gasteiger partial charge on any atom is 0.154 e. The lowest BCUT2D eigenvalue weighted by Crippen LogP contribution is -2.12. The van der Waals surface area contributed by atoms with E-state index in [4.69, 9.17) is 0 Å². The van der Waals surface area contributed by atoms with Crippen molar-refractivity contribution in [2.75, 3.05) is 0 Å². The van der Waals surface area contributed by atoms with Gasteiger partial charge in [-0.15, -0.1) is 0 Å². The Balaban J connectivity index is 2.35. The first-order valence-electron chi connectivity index (χ1n) is 6.40. The summed E-state index contributed by atoms with van der Waals surface area (Å²) >= 11 is 0. The Labute approximate surface area is 107 Å². The topological polar surface area (TPSA) is 50.9 Å². The molecule has 0 aliphatic carbocycles. The summed E-state index contributed by atoms with van der Waals surface area (Å²) in [7, 11) is 0. The first kappa shape index (κ1) is 12.8. The van der Waals surface area contributed by atoms with Gasteiger partial charge in [0, 0.05) is 25.1 Å². The molecule has 0 aromatic carbocycles. The Morgan fingerprint density at radius 1 is 1.28 bits per heavy atom. The summed E-state index contributed by atoms with van der Waals surface area (Å²) in [5, 5.41) is 10.5. The average molecular weight is 245 g/mol. The van der Waals surface area contributed by atoms with Gasteiger partial charge in [0.25, 0.3) is 0 Å². The minimum atomic E-state index is -0.748. The largest absolute Gasteiger partial charge is 0.379 e. The number of hydrogen-bond donors (Lipinski definition) is 1. The second-order valence-electron chi connectivity index (χ2n) is 4.28. The Bertz CT molecular complexity index is 507. The second kappa shape index (κ2) is 5.78. The normalized spacial score (nSPS) is 12.6. The van der Waals surface area contributed by atoms with Gasteiger partial charge in [-0.3, -0.25) is 4.98 Å². The van der Waals surface area contributed by atoms with Crippen LogP contribution in [-0.2, 0) is 13.0 Å². The molecule has 0 fully saturated rings. The van der Waals surface area contributed by atoms with Crippen LogP contribution in [0.5, 0.6) is 0 Å². The quantitative estimate of drug-likeness (QED) is 0.879. The number of rotatable bonds is 5. The van der Waals surface area contributed by atoms with Gasteiger partial charge in [0.15, 0.2) is 6.10 Å². The fraction of sp³-hybridized carbons (Fsp3) is 0.429. The Kier molecular flexibility index (Phi) is 4.10. The third-order valence-electron chi connectivity index (χ3n) is 3.02. The SMILES string of the molecule is CCCn1ccnc1C(O)c1ncccc1CC. The summed E-state index contributed by atoms with van der Waals surface area (Å²) in [6.45, 7) is 5.03. The van der Waals surface area contributed by atoms with E-state index in [1.54, 1.807) is 12.4 Å². The summed E-state index contributed by atoms with van der Waals surface area (Å²) in [4.78, 5) is 8.56. The first-order valence-corrected chi connectivity index (χ1v) is 6.40. The van der Waals surface area contributed by atoms with E-state index in [1.807, 2.05) is 22.9 Å². The molecule has 0 saturated carbocycles. The van der Waals surface area contributed by atoms with Gasteiger partial charge in [0.05, 0.1) is 5.69 Å². The molecule has 1 unspecified atom stereocenters. The Hall–Kier alpha value is -1.68. The first-order chi connectivity index (χ1) is 8.77. The monoisotopic (exact) mass is 245 g/mol. The van der Waals surface area contributed by atoms with Gasteiger partial charge in [0.1, 0.15) is 5.82 Å². The molecular weight excluding hydrogens is 226 g/mol. The van der Waals surface area contributed by atoms with Crippen LogP contribution in [0.25, 0.3) is 0 Å². The van der Waals surface area contributed by atoms with Gasteiger partial charge >= 0.3 is 0 Å². The van der Waals surface area contributed by atoms with Crippen LogP contribution in [0, 0.1) is 0 Å². The number of pyridine rings is 1. The third-order valence-corrected chi connectivity index (χ3v) is 3.02. The molecule has 0 spiro atoms. The Morgan fingerprint density at radius 3 is 2.83 bits per heavy atom. The fourth-order valence-corrected chi connectivity index (χ4v) is 2.12. The van der Waals surface area contributed by atoms with E-state index in [0.717, 1.165) is 24.9 Å². The van der Waals surface area contributed by atoms with E-state index < -0.39 is 6.10 Å². The van der Waals surface area contributed by atoms with E-state index in [1.165, 1.54) is 0 Å². The van der Waals surface area contributed by atoms with Crippen molar-refractivity contribution in [3.05, 3.63) is 47.8 Å². The van der Waals surface area contributed by atoms with Crippen molar-refractivity contribution < 1.29 is 5.11 Å². The summed E-state index contributed by atoms with van der Waals surface area (Å²) in [5.41, 5.74) is 1.78. The molecule has 18 heavy (non-hydrogen) atoms. The molecule has 96 valence electrons. The standard InChI is InChI=1S/C14H19N3O/c1-3-9-17-10-8-16-14(17)13(18)12-11(4-2)6-5-7-15-12/h5-8,10,13,18H,3-4,9H2,1-2H3. The molecule has 2 aromatic heterocycles. The maximum absolute atomic E-state index is 10.5. The van der Waals surface area contributed by atoms with E-state index in [2.05, 4.69) is 23.8 Å². The highest BCUT2D eigenvalue weighted by Crippen LogP contribution is 2.22. The zero-order valence-corrected chi connectivity index (χ0v) is 10.9. The van der Waals surface area contributed by atoms with Gasteiger partial charge in [-0.1, -0.05) is 19.9 Å². The van der Waals surface area contributed by atoms with Crippen molar-refractivity contribution in [1.29, 1.82) is 0 Å². The zero-order chi connectivity index (χ0) is 13.0. The van der Waals surface area contributed by atoms with Crippen molar-refractivity contribution in [3.63, 3.8) is 0 Å². The molecule has 2 rings (SSSR count). The molecule has 1 N–H and O–H groups in total. The van der Waals surface area contributed by atoms with Gasteiger partial charge in [0.2, 0.25) is 0 Å². The maximum atomic E-state index is 10.5. The molecule has 0 bridgehead atoms. The molecule has 2 heterocycles. The molecule has 4 nitrogen and oxygen atoms in total. The number of aliphatic hydroxyl groups is 1. The van der Waals surface area contributed by atoms with Crippen LogP contribution in [0.3, 0.4) is 0 Å². The van der Waals surface area contributed by atoms with Crippen molar-refractivity contribution in [1.82, 2.24) is 14.5 Å². The molecular formula is C14H19N3O. The molecule has 0 radical (unpaired) electrons. The minimum Gasteiger partial charge on any atom is -0.379 e. The summed E-state index contributed by atoms with van der Waals surface area (Å²) < 4.78 is 1.98.